The van der Waals surface area contributed by atoms with Gasteiger partial charge < -0.3 is 0 Å². The molecule has 3 nitrogen and oxygen atoms in total. The van der Waals surface area contributed by atoms with Crippen LogP contribution in [0.3, 0.4) is 0 Å². The fraction of sp³-hybridized carbons (Fsp3) is 0.833. The van der Waals surface area contributed by atoms with Gasteiger partial charge >= 0.3 is 0 Å². The third-order valence-electron chi connectivity index (χ3n) is 2.62. The van der Waals surface area contributed by atoms with Crippen LogP contribution >= 0.6 is 0 Å². The van der Waals surface area contributed by atoms with Gasteiger partial charge in [-0.3, -0.25) is 4.68 Å². The third-order valence-corrected chi connectivity index (χ3v) is 2.62. The van der Waals surface area contributed by atoms with E-state index in [-0.39, 0.29) is 0 Å². The molecule has 0 fully saturated rings. The van der Waals surface area contributed by atoms with E-state index in [9.17, 15) is 0 Å². The summed E-state index contributed by atoms with van der Waals surface area (Å²) in [7, 11) is 0. The number of nitrogens with zero attached hydrogens (tertiary/aromatic N) is 3. The summed E-state index contributed by atoms with van der Waals surface area (Å²) in [4.78, 5) is 0. The lowest BCUT2D eigenvalue weighted by Crippen LogP contribution is -1.99. The lowest BCUT2D eigenvalue weighted by atomic mass is 10.1. The number of aryl methyl sites for hydroxylation is 2. The predicted octanol–water partition coefficient (Wildman–Crippen LogP) is 3.06. The van der Waals surface area contributed by atoms with E-state index in [1.165, 1.54) is 25.7 Å². The predicted molar refractivity (Wildman–Crippen MR) is 62.7 cm³/mol. The molecule has 0 radical (unpaired) electrons. The number of rotatable bonds is 7. The van der Waals surface area contributed by atoms with E-state index >= 15 is 0 Å². The quantitative estimate of drug-likeness (QED) is 0.646. The van der Waals surface area contributed by atoms with Crippen LogP contribution in [-0.2, 0) is 13.0 Å². The minimum atomic E-state index is 0.836. The van der Waals surface area contributed by atoms with Crippen LogP contribution in [0, 0.1) is 5.92 Å². The van der Waals surface area contributed by atoms with Crippen LogP contribution in [0.1, 0.15) is 52.1 Å². The molecule has 86 valence electrons. The second-order valence-electron chi connectivity index (χ2n) is 4.57. The van der Waals surface area contributed by atoms with Crippen LogP contribution in [0.2, 0.25) is 0 Å². The first-order valence-electron chi connectivity index (χ1n) is 6.11. The van der Waals surface area contributed by atoms with Crippen molar-refractivity contribution >= 4 is 0 Å². The van der Waals surface area contributed by atoms with E-state index in [0.717, 1.165) is 24.6 Å². The molecule has 0 aromatic carbocycles. The Morgan fingerprint density at radius 1 is 1.27 bits per heavy atom. The number of aromatic nitrogens is 3. The third kappa shape index (κ3) is 4.96. The van der Waals surface area contributed by atoms with Gasteiger partial charge in [-0.2, -0.15) is 0 Å². The maximum Gasteiger partial charge on any atom is 0.0824 e. The largest absolute Gasteiger partial charge is 0.252 e. The van der Waals surface area contributed by atoms with Crippen molar-refractivity contribution < 1.29 is 0 Å². The molecule has 0 aliphatic rings. The summed E-state index contributed by atoms with van der Waals surface area (Å²) in [5.41, 5.74) is 1.09. The molecule has 0 spiro atoms. The number of unbranched alkanes of at least 4 members (excludes halogenated alkanes) is 2. The maximum atomic E-state index is 4.09. The van der Waals surface area contributed by atoms with Gasteiger partial charge in [-0.25, -0.2) is 0 Å². The molecule has 3 heteroatoms. The average Bonchev–Trinajstić information content (AvgIpc) is 2.65. The Kier molecular flexibility index (Phi) is 5.37. The standard InChI is InChI=1S/C12H23N3/c1-4-12-10-15(14-13-12)9-7-5-6-8-11(2)3/h10-11H,4-9H2,1-3H3. The zero-order chi connectivity index (χ0) is 11.1. The molecule has 0 bridgehead atoms. The molecule has 0 saturated heterocycles. The summed E-state index contributed by atoms with van der Waals surface area (Å²) < 4.78 is 1.97. The molecule has 0 aliphatic carbocycles. The zero-order valence-electron chi connectivity index (χ0n) is 10.2. The van der Waals surface area contributed by atoms with Crippen LogP contribution in [-0.4, -0.2) is 15.0 Å². The Labute approximate surface area is 92.9 Å². The van der Waals surface area contributed by atoms with Gasteiger partial charge in [0.05, 0.1) is 5.69 Å². The van der Waals surface area contributed by atoms with Gasteiger partial charge in [-0.1, -0.05) is 45.2 Å². The molecular formula is C12H23N3. The van der Waals surface area contributed by atoms with E-state index in [4.69, 9.17) is 0 Å². The van der Waals surface area contributed by atoms with Gasteiger partial charge in [-0.05, 0) is 18.8 Å². The smallest absolute Gasteiger partial charge is 0.0824 e. The van der Waals surface area contributed by atoms with Crippen molar-refractivity contribution in [2.45, 2.75) is 59.4 Å². The minimum absolute atomic E-state index is 0.836. The molecule has 0 amide bonds. The Balaban J connectivity index is 2.09. The van der Waals surface area contributed by atoms with Crippen molar-refractivity contribution in [2.75, 3.05) is 0 Å². The minimum Gasteiger partial charge on any atom is -0.252 e. The molecular weight excluding hydrogens is 186 g/mol. The van der Waals surface area contributed by atoms with Gasteiger partial charge in [0, 0.05) is 12.7 Å². The maximum absolute atomic E-state index is 4.09. The van der Waals surface area contributed by atoms with E-state index in [1.807, 2.05) is 4.68 Å². The van der Waals surface area contributed by atoms with Crippen molar-refractivity contribution in [3.63, 3.8) is 0 Å². The van der Waals surface area contributed by atoms with Crippen molar-refractivity contribution in [1.82, 2.24) is 15.0 Å². The van der Waals surface area contributed by atoms with Gasteiger partial charge in [0.2, 0.25) is 0 Å². The molecule has 0 aliphatic heterocycles. The fourth-order valence-electron chi connectivity index (χ4n) is 1.61. The monoisotopic (exact) mass is 209 g/mol. The van der Waals surface area contributed by atoms with Crippen molar-refractivity contribution in [2.24, 2.45) is 5.92 Å². The molecule has 1 rings (SSSR count). The van der Waals surface area contributed by atoms with E-state index < -0.39 is 0 Å². The fourth-order valence-corrected chi connectivity index (χ4v) is 1.61. The highest BCUT2D eigenvalue weighted by Gasteiger charge is 1.98. The van der Waals surface area contributed by atoms with Crippen LogP contribution in [0.5, 0.6) is 0 Å². The van der Waals surface area contributed by atoms with Gasteiger partial charge in [0.15, 0.2) is 0 Å². The Morgan fingerprint density at radius 2 is 2.07 bits per heavy atom. The molecule has 0 atom stereocenters. The van der Waals surface area contributed by atoms with Crippen molar-refractivity contribution in [1.29, 1.82) is 0 Å². The van der Waals surface area contributed by atoms with Crippen LogP contribution in [0.25, 0.3) is 0 Å². The summed E-state index contributed by atoms with van der Waals surface area (Å²) in [5.74, 6) is 0.836. The highest BCUT2D eigenvalue weighted by atomic mass is 15.4. The zero-order valence-corrected chi connectivity index (χ0v) is 10.2. The van der Waals surface area contributed by atoms with E-state index in [2.05, 4.69) is 37.3 Å². The molecule has 0 N–H and O–H groups in total. The van der Waals surface area contributed by atoms with E-state index in [0.29, 0.717) is 0 Å². The Hall–Kier alpha value is -0.860. The molecule has 1 aromatic rings. The number of hydrogen-bond acceptors (Lipinski definition) is 2. The first-order valence-corrected chi connectivity index (χ1v) is 6.11. The summed E-state index contributed by atoms with van der Waals surface area (Å²) in [6.07, 6.45) is 8.25. The average molecular weight is 209 g/mol. The SMILES string of the molecule is CCc1cn(CCCCCC(C)C)nn1. The Bertz CT molecular complexity index is 266. The first-order chi connectivity index (χ1) is 7.22. The first kappa shape index (κ1) is 12.2. The van der Waals surface area contributed by atoms with Crippen molar-refractivity contribution in [3.05, 3.63) is 11.9 Å². The summed E-state index contributed by atoms with van der Waals surface area (Å²) >= 11 is 0. The summed E-state index contributed by atoms with van der Waals surface area (Å²) in [6, 6.07) is 0. The lowest BCUT2D eigenvalue weighted by molar-refractivity contribution is 0.487. The van der Waals surface area contributed by atoms with Crippen LogP contribution in [0.15, 0.2) is 6.20 Å². The second-order valence-corrected chi connectivity index (χ2v) is 4.57. The van der Waals surface area contributed by atoms with Gasteiger partial charge in [0.25, 0.3) is 0 Å². The molecule has 1 heterocycles. The number of hydrogen-bond donors (Lipinski definition) is 0. The molecule has 0 saturated carbocycles. The van der Waals surface area contributed by atoms with Gasteiger partial charge in [-0.15, -0.1) is 5.10 Å². The lowest BCUT2D eigenvalue weighted by Gasteiger charge is -2.03. The second kappa shape index (κ2) is 6.59. The summed E-state index contributed by atoms with van der Waals surface area (Å²) in [5, 5.41) is 8.16. The Morgan fingerprint density at radius 3 is 2.67 bits per heavy atom. The van der Waals surface area contributed by atoms with Crippen LogP contribution in [0.4, 0.5) is 0 Å². The van der Waals surface area contributed by atoms with Crippen LogP contribution < -0.4 is 0 Å². The molecule has 1 aromatic heterocycles. The normalized spacial score (nSPS) is 11.2. The molecule has 15 heavy (non-hydrogen) atoms. The highest BCUT2D eigenvalue weighted by Crippen LogP contribution is 2.08. The van der Waals surface area contributed by atoms with E-state index in [1.54, 1.807) is 0 Å². The highest BCUT2D eigenvalue weighted by molar-refractivity contribution is 4.90. The van der Waals surface area contributed by atoms with Gasteiger partial charge in [0.1, 0.15) is 0 Å². The summed E-state index contributed by atoms with van der Waals surface area (Å²) in [6.45, 7) is 7.69. The topological polar surface area (TPSA) is 30.7 Å². The molecule has 0 unspecified atom stereocenters. The van der Waals surface area contributed by atoms with Crippen molar-refractivity contribution in [3.8, 4) is 0 Å².